The predicted octanol–water partition coefficient (Wildman–Crippen LogP) is 2.96. The Morgan fingerprint density at radius 2 is 2.06 bits per heavy atom. The lowest BCUT2D eigenvalue weighted by Crippen LogP contribution is -2.08. The highest BCUT2D eigenvalue weighted by atomic mass is 19.1. The Balaban J connectivity index is 2.61. The second-order valence-corrected chi connectivity index (χ2v) is 4.27. The van der Waals surface area contributed by atoms with E-state index >= 15 is 0 Å². The lowest BCUT2D eigenvalue weighted by Gasteiger charge is -2.09. The van der Waals surface area contributed by atoms with Crippen LogP contribution < -0.4 is 0 Å². The molecule has 18 heavy (non-hydrogen) atoms. The van der Waals surface area contributed by atoms with E-state index in [1.54, 1.807) is 19.1 Å². The van der Waals surface area contributed by atoms with Crippen molar-refractivity contribution in [3.8, 4) is 12.3 Å². The van der Waals surface area contributed by atoms with E-state index in [0.717, 1.165) is 5.56 Å². The summed E-state index contributed by atoms with van der Waals surface area (Å²) < 4.78 is 27.9. The quantitative estimate of drug-likeness (QED) is 0.808. The largest absolute Gasteiger partial charge is 0.380 e. The molecule has 0 aliphatic heterocycles. The van der Waals surface area contributed by atoms with Gasteiger partial charge in [-0.3, -0.25) is 0 Å². The molecule has 0 fully saturated rings. The molecule has 0 aliphatic rings. The first kappa shape index (κ1) is 12.5. The topological polar surface area (TPSA) is 20.2 Å². The van der Waals surface area contributed by atoms with Gasteiger partial charge in [-0.2, -0.15) is 0 Å². The molecule has 0 heterocycles. The van der Waals surface area contributed by atoms with Gasteiger partial charge in [-0.25, -0.2) is 8.78 Å². The number of hydrogen-bond acceptors (Lipinski definition) is 1. The molecule has 0 radical (unpaired) electrons. The van der Waals surface area contributed by atoms with Crippen LogP contribution in [0.1, 0.15) is 11.1 Å². The number of halogens is 2. The van der Waals surface area contributed by atoms with Gasteiger partial charge in [0.2, 0.25) is 0 Å². The third-order valence-corrected chi connectivity index (χ3v) is 2.84. The van der Waals surface area contributed by atoms with Crippen LogP contribution in [-0.4, -0.2) is 11.2 Å². The fourth-order valence-electron chi connectivity index (χ4n) is 1.98. The van der Waals surface area contributed by atoms with E-state index < -0.39 is 17.7 Å². The lowest BCUT2D eigenvalue weighted by atomic mass is 10.00. The molecule has 0 aliphatic carbocycles. The summed E-state index contributed by atoms with van der Waals surface area (Å²) in [4.78, 5) is 0. The Kier molecular flexibility index (Phi) is 3.31. The van der Waals surface area contributed by atoms with Crippen LogP contribution in [0.3, 0.4) is 0 Å². The summed E-state index contributed by atoms with van der Waals surface area (Å²) in [6.07, 6.45) is 3.95. The fourth-order valence-corrected chi connectivity index (χ4v) is 1.98. The average molecular weight is 246 g/mol. The Morgan fingerprint density at radius 3 is 2.72 bits per heavy atom. The third kappa shape index (κ3) is 2.20. The second-order valence-electron chi connectivity index (χ2n) is 4.27. The van der Waals surface area contributed by atoms with Crippen LogP contribution in [0.25, 0.3) is 10.8 Å². The maximum absolute atomic E-state index is 14.1. The van der Waals surface area contributed by atoms with E-state index in [0.29, 0.717) is 5.39 Å². The van der Waals surface area contributed by atoms with Gasteiger partial charge >= 0.3 is 0 Å². The molecule has 0 saturated heterocycles. The van der Waals surface area contributed by atoms with Gasteiger partial charge in [0.1, 0.15) is 17.7 Å². The molecular weight excluding hydrogens is 234 g/mol. The van der Waals surface area contributed by atoms with Crippen molar-refractivity contribution in [2.24, 2.45) is 0 Å². The zero-order valence-electron chi connectivity index (χ0n) is 9.87. The summed E-state index contributed by atoms with van der Waals surface area (Å²) in [7, 11) is 0. The highest BCUT2D eigenvalue weighted by Gasteiger charge is 2.14. The summed E-state index contributed by atoms with van der Waals surface area (Å²) in [5, 5.41) is 9.78. The number of fused-ring (bicyclic) bond motifs is 1. The molecule has 0 spiro atoms. The zero-order valence-corrected chi connectivity index (χ0v) is 9.87. The molecule has 1 unspecified atom stereocenters. The Hall–Kier alpha value is -1.92. The molecule has 1 nitrogen and oxygen atoms in total. The zero-order chi connectivity index (χ0) is 13.3. The van der Waals surface area contributed by atoms with Crippen molar-refractivity contribution in [3.63, 3.8) is 0 Å². The summed E-state index contributed by atoms with van der Waals surface area (Å²) >= 11 is 0. The van der Waals surface area contributed by atoms with Gasteiger partial charge in [-0.05, 0) is 29.5 Å². The SMILES string of the molecule is C#CC(O)Cc1ccc2cc(C)cc(F)c2c1F. The molecule has 92 valence electrons. The van der Waals surface area contributed by atoms with E-state index in [4.69, 9.17) is 6.42 Å². The van der Waals surface area contributed by atoms with E-state index in [2.05, 4.69) is 5.92 Å². The van der Waals surface area contributed by atoms with Gasteiger partial charge in [0.05, 0.1) is 5.39 Å². The Bertz CT molecular complexity index is 641. The van der Waals surface area contributed by atoms with Gasteiger partial charge in [0.25, 0.3) is 0 Å². The average Bonchev–Trinajstić information content (AvgIpc) is 2.31. The Labute approximate surface area is 104 Å². The van der Waals surface area contributed by atoms with Crippen LogP contribution in [-0.2, 0) is 6.42 Å². The van der Waals surface area contributed by atoms with Crippen LogP contribution in [0.5, 0.6) is 0 Å². The maximum atomic E-state index is 14.1. The monoisotopic (exact) mass is 246 g/mol. The molecule has 2 aromatic carbocycles. The van der Waals surface area contributed by atoms with E-state index in [1.165, 1.54) is 12.1 Å². The van der Waals surface area contributed by atoms with Crippen LogP contribution in [0.2, 0.25) is 0 Å². The van der Waals surface area contributed by atoms with Crippen molar-refractivity contribution < 1.29 is 13.9 Å². The summed E-state index contributed by atoms with van der Waals surface area (Å²) in [6.45, 7) is 1.75. The number of aliphatic hydroxyl groups is 1. The number of rotatable bonds is 2. The number of hydrogen-bond donors (Lipinski definition) is 1. The molecule has 0 saturated carbocycles. The van der Waals surface area contributed by atoms with Gasteiger partial charge in [0, 0.05) is 6.42 Å². The van der Waals surface area contributed by atoms with Gasteiger partial charge in [-0.1, -0.05) is 24.1 Å². The van der Waals surface area contributed by atoms with Crippen molar-refractivity contribution >= 4 is 10.8 Å². The summed E-state index contributed by atoms with van der Waals surface area (Å²) in [6, 6.07) is 6.15. The minimum absolute atomic E-state index is 0.0222. The number of terminal acetylenes is 1. The standard InChI is InChI=1S/C15H12F2O/c1-3-12(18)8-11-5-4-10-6-9(2)7-13(16)14(10)15(11)17/h1,4-7,12,18H,8H2,2H3. The van der Waals surface area contributed by atoms with Gasteiger partial charge < -0.3 is 5.11 Å². The van der Waals surface area contributed by atoms with E-state index in [9.17, 15) is 13.9 Å². The smallest absolute Gasteiger partial charge is 0.137 e. The predicted molar refractivity (Wildman–Crippen MR) is 67.1 cm³/mol. The molecule has 2 aromatic rings. The van der Waals surface area contributed by atoms with Crippen LogP contribution >= 0.6 is 0 Å². The van der Waals surface area contributed by atoms with Crippen molar-refractivity contribution in [1.29, 1.82) is 0 Å². The summed E-state index contributed by atoms with van der Waals surface area (Å²) in [5.41, 5.74) is 0.950. The van der Waals surface area contributed by atoms with Crippen molar-refractivity contribution in [2.75, 3.05) is 0 Å². The molecule has 3 heteroatoms. The molecule has 0 aromatic heterocycles. The molecule has 2 rings (SSSR count). The minimum Gasteiger partial charge on any atom is -0.380 e. The summed E-state index contributed by atoms with van der Waals surface area (Å²) in [5.74, 6) is 0.856. The van der Waals surface area contributed by atoms with Crippen LogP contribution in [0.15, 0.2) is 24.3 Å². The van der Waals surface area contributed by atoms with E-state index in [1.807, 2.05) is 0 Å². The fraction of sp³-hybridized carbons (Fsp3) is 0.200. The maximum Gasteiger partial charge on any atom is 0.137 e. The van der Waals surface area contributed by atoms with Gasteiger partial charge in [-0.15, -0.1) is 6.42 Å². The number of aryl methyl sites for hydroxylation is 1. The first-order valence-corrected chi connectivity index (χ1v) is 5.54. The first-order valence-electron chi connectivity index (χ1n) is 5.54. The molecule has 1 N–H and O–H groups in total. The number of benzene rings is 2. The van der Waals surface area contributed by atoms with Gasteiger partial charge in [0.15, 0.2) is 0 Å². The van der Waals surface area contributed by atoms with Crippen molar-refractivity contribution in [1.82, 2.24) is 0 Å². The molecule has 1 atom stereocenters. The number of aliphatic hydroxyl groups excluding tert-OH is 1. The molecule has 0 bridgehead atoms. The van der Waals surface area contributed by atoms with Crippen LogP contribution in [0, 0.1) is 30.9 Å². The van der Waals surface area contributed by atoms with Crippen LogP contribution in [0.4, 0.5) is 8.78 Å². The molecular formula is C15H12F2O. The molecule has 0 amide bonds. The second kappa shape index (κ2) is 4.75. The van der Waals surface area contributed by atoms with E-state index in [-0.39, 0.29) is 17.4 Å². The van der Waals surface area contributed by atoms with Crippen molar-refractivity contribution in [2.45, 2.75) is 19.4 Å². The Morgan fingerprint density at radius 1 is 1.33 bits per heavy atom. The highest BCUT2D eigenvalue weighted by Crippen LogP contribution is 2.26. The lowest BCUT2D eigenvalue weighted by molar-refractivity contribution is 0.232. The van der Waals surface area contributed by atoms with Crippen molar-refractivity contribution in [3.05, 3.63) is 47.0 Å². The third-order valence-electron chi connectivity index (χ3n) is 2.84. The normalized spacial score (nSPS) is 12.4. The first-order chi connectivity index (χ1) is 8.52. The highest BCUT2D eigenvalue weighted by molar-refractivity contribution is 5.85. The minimum atomic E-state index is -1.06.